The van der Waals surface area contributed by atoms with E-state index in [9.17, 15) is 9.59 Å². The quantitative estimate of drug-likeness (QED) is 0.451. The van der Waals surface area contributed by atoms with E-state index in [4.69, 9.17) is 4.74 Å². The minimum absolute atomic E-state index is 0.176. The van der Waals surface area contributed by atoms with Crippen molar-refractivity contribution in [2.45, 2.75) is 19.9 Å². The molecule has 0 saturated heterocycles. The monoisotopic (exact) mass is 276 g/mol. The van der Waals surface area contributed by atoms with Crippen molar-refractivity contribution in [3.8, 4) is 0 Å². The minimum atomic E-state index is -0.667. The molecule has 1 amide bonds. The number of nitrogens with one attached hydrogen (secondary N) is 2. The van der Waals surface area contributed by atoms with Gasteiger partial charge in [-0.1, -0.05) is 31.2 Å². The van der Waals surface area contributed by atoms with E-state index in [1.165, 1.54) is 0 Å². The highest BCUT2D eigenvalue weighted by atomic mass is 16.5. The summed E-state index contributed by atoms with van der Waals surface area (Å²) in [5, 5.41) is 0. The number of hydrogen-bond donors (Lipinski definition) is 2. The minimum Gasteiger partial charge on any atom is -0.465 e. The molecule has 108 valence electrons. The van der Waals surface area contributed by atoms with E-state index in [1.54, 1.807) is 37.3 Å². The van der Waals surface area contributed by atoms with Crippen LogP contribution < -0.4 is 10.9 Å². The molecule has 20 heavy (non-hydrogen) atoms. The van der Waals surface area contributed by atoms with Crippen molar-refractivity contribution in [3.63, 3.8) is 0 Å². The normalized spacial score (nSPS) is 13.1. The number of carbonyl (C=O) groups is 2. The molecule has 0 aliphatic carbocycles. The van der Waals surface area contributed by atoms with Gasteiger partial charge < -0.3 is 4.74 Å². The zero-order chi connectivity index (χ0) is 15.0. The number of amides is 1. The highest BCUT2D eigenvalue weighted by Crippen LogP contribution is 2.06. The van der Waals surface area contributed by atoms with Crippen LogP contribution in [0.1, 0.15) is 24.2 Å². The summed E-state index contributed by atoms with van der Waals surface area (Å²) in [4.78, 5) is 23.7. The molecule has 1 rings (SSSR count). The van der Waals surface area contributed by atoms with E-state index in [0.29, 0.717) is 5.56 Å². The van der Waals surface area contributed by atoms with Crippen LogP contribution in [0.4, 0.5) is 0 Å². The summed E-state index contributed by atoms with van der Waals surface area (Å²) in [6.07, 6.45) is 1.63. The molecule has 0 aromatic heterocycles. The Morgan fingerprint density at radius 2 is 2.00 bits per heavy atom. The zero-order valence-corrected chi connectivity index (χ0v) is 11.8. The van der Waals surface area contributed by atoms with E-state index < -0.39 is 12.0 Å². The first kappa shape index (κ1) is 15.9. The lowest BCUT2D eigenvalue weighted by atomic mass is 10.0. The van der Waals surface area contributed by atoms with Crippen molar-refractivity contribution in [2.75, 3.05) is 6.61 Å². The van der Waals surface area contributed by atoms with E-state index in [1.807, 2.05) is 13.0 Å². The molecule has 0 aliphatic heterocycles. The van der Waals surface area contributed by atoms with Gasteiger partial charge in [-0.3, -0.25) is 15.0 Å². The van der Waals surface area contributed by atoms with Gasteiger partial charge in [0.25, 0.3) is 5.91 Å². The fraction of sp³-hybridized carbons (Fsp3) is 0.333. The Hall–Kier alpha value is -2.14. The number of hydrogen-bond acceptors (Lipinski definition) is 4. The first-order valence-electron chi connectivity index (χ1n) is 6.50. The fourth-order valence-electron chi connectivity index (χ4n) is 1.58. The van der Waals surface area contributed by atoms with Gasteiger partial charge in [0.15, 0.2) is 0 Å². The summed E-state index contributed by atoms with van der Waals surface area (Å²) in [6, 6.07) is 8.07. The van der Waals surface area contributed by atoms with Crippen molar-refractivity contribution in [1.29, 1.82) is 0 Å². The van der Waals surface area contributed by atoms with Gasteiger partial charge in [0.1, 0.15) is 6.04 Å². The molecule has 5 heteroatoms. The lowest BCUT2D eigenvalue weighted by Crippen LogP contribution is -2.51. The molecule has 5 nitrogen and oxygen atoms in total. The second kappa shape index (κ2) is 8.12. The predicted molar refractivity (Wildman–Crippen MR) is 76.8 cm³/mol. The van der Waals surface area contributed by atoms with Crippen molar-refractivity contribution in [2.24, 2.45) is 5.92 Å². The van der Waals surface area contributed by atoms with E-state index in [0.717, 1.165) is 0 Å². The summed E-state index contributed by atoms with van der Waals surface area (Å²) in [6.45, 7) is 7.48. The third kappa shape index (κ3) is 4.51. The molecule has 2 atom stereocenters. The topological polar surface area (TPSA) is 67.4 Å². The lowest BCUT2D eigenvalue weighted by Gasteiger charge is -2.21. The summed E-state index contributed by atoms with van der Waals surface area (Å²) in [7, 11) is 0. The van der Waals surface area contributed by atoms with Crippen LogP contribution in [0, 0.1) is 5.92 Å². The third-order valence-corrected chi connectivity index (χ3v) is 2.82. The Balaban J connectivity index is 2.64. The van der Waals surface area contributed by atoms with Crippen LogP contribution >= 0.6 is 0 Å². The average Bonchev–Trinajstić information content (AvgIpc) is 2.48. The molecule has 2 N–H and O–H groups in total. The summed E-state index contributed by atoms with van der Waals surface area (Å²) in [5.41, 5.74) is 5.73. The van der Waals surface area contributed by atoms with Gasteiger partial charge >= 0.3 is 5.97 Å². The summed E-state index contributed by atoms with van der Waals surface area (Å²) < 4.78 is 4.96. The van der Waals surface area contributed by atoms with Crippen LogP contribution in [0.15, 0.2) is 43.0 Å². The molecular formula is C15H20N2O3. The average molecular weight is 276 g/mol. The molecule has 0 fully saturated rings. The number of rotatable bonds is 7. The van der Waals surface area contributed by atoms with Crippen molar-refractivity contribution in [1.82, 2.24) is 10.9 Å². The molecule has 0 heterocycles. The van der Waals surface area contributed by atoms with Gasteiger partial charge in [-0.05, 0) is 19.1 Å². The first-order chi connectivity index (χ1) is 9.60. The van der Waals surface area contributed by atoms with Gasteiger partial charge in [-0.2, -0.15) is 0 Å². The molecule has 0 spiro atoms. The maximum Gasteiger partial charge on any atom is 0.325 e. The maximum absolute atomic E-state index is 11.9. The first-order valence-corrected chi connectivity index (χ1v) is 6.50. The second-order valence-electron chi connectivity index (χ2n) is 4.29. The molecule has 0 bridgehead atoms. The largest absolute Gasteiger partial charge is 0.465 e. The number of hydrazine groups is 1. The van der Waals surface area contributed by atoms with Crippen LogP contribution in [-0.2, 0) is 9.53 Å². The Kier molecular flexibility index (Phi) is 6.46. The van der Waals surface area contributed by atoms with Gasteiger partial charge in [0.05, 0.1) is 6.61 Å². The van der Waals surface area contributed by atoms with Gasteiger partial charge in [-0.25, -0.2) is 5.43 Å². The Labute approximate surface area is 119 Å². The Morgan fingerprint density at radius 3 is 2.55 bits per heavy atom. The molecule has 0 unspecified atom stereocenters. The van der Waals surface area contributed by atoms with E-state index >= 15 is 0 Å². The van der Waals surface area contributed by atoms with Crippen LogP contribution in [0.3, 0.4) is 0 Å². The van der Waals surface area contributed by atoms with Gasteiger partial charge in [0.2, 0.25) is 0 Å². The smallest absolute Gasteiger partial charge is 0.325 e. The van der Waals surface area contributed by atoms with Crippen LogP contribution in [0.25, 0.3) is 0 Å². The number of ether oxygens (including phenoxy) is 1. The predicted octanol–water partition coefficient (Wildman–Crippen LogP) is 1.67. The van der Waals surface area contributed by atoms with Gasteiger partial charge in [-0.15, -0.1) is 6.58 Å². The van der Waals surface area contributed by atoms with Gasteiger partial charge in [0, 0.05) is 11.5 Å². The highest BCUT2D eigenvalue weighted by Gasteiger charge is 2.24. The number of esters is 1. The van der Waals surface area contributed by atoms with Crippen LogP contribution in [0.2, 0.25) is 0 Å². The maximum atomic E-state index is 11.9. The van der Waals surface area contributed by atoms with Crippen molar-refractivity contribution >= 4 is 11.9 Å². The molecule has 1 aromatic rings. The Morgan fingerprint density at radius 1 is 1.35 bits per heavy atom. The van der Waals surface area contributed by atoms with Crippen molar-refractivity contribution < 1.29 is 14.3 Å². The number of benzene rings is 1. The standard InChI is InChI=1S/C15H20N2O3/c1-4-11(3)13(15(19)20-5-2)16-17-14(18)12-9-7-6-8-10-12/h4,6-11,13,16H,1,5H2,2-3H3,(H,17,18)/t11-,13-/m1/s1. The van der Waals surface area contributed by atoms with E-state index in [2.05, 4.69) is 17.4 Å². The van der Waals surface area contributed by atoms with Crippen LogP contribution in [-0.4, -0.2) is 24.5 Å². The zero-order valence-electron chi connectivity index (χ0n) is 11.8. The molecule has 1 aromatic carbocycles. The molecule has 0 saturated carbocycles. The highest BCUT2D eigenvalue weighted by molar-refractivity contribution is 5.94. The number of carbonyl (C=O) groups excluding carboxylic acids is 2. The summed E-state index contributed by atoms with van der Waals surface area (Å²) >= 11 is 0. The van der Waals surface area contributed by atoms with Crippen LogP contribution in [0.5, 0.6) is 0 Å². The Bertz CT molecular complexity index is 459. The summed E-state index contributed by atoms with van der Waals surface area (Å²) in [5.74, 6) is -0.908. The van der Waals surface area contributed by atoms with E-state index in [-0.39, 0.29) is 18.4 Å². The third-order valence-electron chi connectivity index (χ3n) is 2.82. The molecular weight excluding hydrogens is 256 g/mol. The SMILES string of the molecule is C=C[C@@H](C)[C@@H](NNC(=O)c1ccccc1)C(=O)OCC. The lowest BCUT2D eigenvalue weighted by molar-refractivity contribution is -0.146. The molecule has 0 radical (unpaired) electrons. The van der Waals surface area contributed by atoms with Crippen molar-refractivity contribution in [3.05, 3.63) is 48.6 Å². The second-order valence-corrected chi connectivity index (χ2v) is 4.29. The fourth-order valence-corrected chi connectivity index (χ4v) is 1.58. The molecule has 0 aliphatic rings.